The number of piperidine rings is 1. The van der Waals surface area contributed by atoms with Crippen LogP contribution in [-0.4, -0.2) is 156 Å². The fourth-order valence-electron chi connectivity index (χ4n) is 11.5. The molecule has 2 aromatic carbocycles. The molecule has 1 amide bonds. The van der Waals surface area contributed by atoms with Gasteiger partial charge in [-0.1, -0.05) is 66.2 Å². The molecule has 1 spiro atoms. The van der Waals surface area contributed by atoms with Gasteiger partial charge >= 0.3 is 23.7 Å². The predicted molar refractivity (Wildman–Crippen MR) is 299 cm³/mol. The first-order chi connectivity index (χ1) is 38.2. The summed E-state index contributed by atoms with van der Waals surface area (Å²) in [5, 5.41) is 40.1. The smallest absolute Gasteiger partial charge is 0.320 e. The molecule has 21 nitrogen and oxygen atoms in total. The van der Waals surface area contributed by atoms with Crippen LogP contribution in [0.15, 0.2) is 46.1 Å². The molecule has 10 atom stereocenters. The first-order valence-corrected chi connectivity index (χ1v) is 28.1. The number of carbonyl (C=O) groups is 7. The summed E-state index contributed by atoms with van der Waals surface area (Å²) < 4.78 is 35.9. The summed E-state index contributed by atoms with van der Waals surface area (Å²) in [4.78, 5) is 105. The number of anilines is 1. The molecule has 0 saturated carbocycles. The number of nitrogens with zero attached hydrogens (tertiary/aromatic N) is 4. The van der Waals surface area contributed by atoms with Gasteiger partial charge in [0, 0.05) is 107 Å². The minimum Gasteiger partial charge on any atom is -0.507 e. The van der Waals surface area contributed by atoms with Crippen molar-refractivity contribution in [3.8, 4) is 17.2 Å². The van der Waals surface area contributed by atoms with E-state index in [9.17, 15) is 48.9 Å². The molecule has 2 aromatic rings. The van der Waals surface area contributed by atoms with Gasteiger partial charge in [0.25, 0.3) is 11.7 Å². The number of phenols is 2. The summed E-state index contributed by atoms with van der Waals surface area (Å²) in [5.74, 6) is -9.82. The average molecular weight is 1130 g/mol. The zero-order valence-electron chi connectivity index (χ0n) is 49.2. The van der Waals surface area contributed by atoms with Gasteiger partial charge < -0.3 is 58.8 Å². The molecule has 4 bridgehead atoms. The van der Waals surface area contributed by atoms with E-state index in [2.05, 4.69) is 29.1 Å². The van der Waals surface area contributed by atoms with Gasteiger partial charge in [-0.05, 0) is 52.2 Å². The van der Waals surface area contributed by atoms with Crippen LogP contribution in [0.1, 0.15) is 124 Å². The first-order valence-electron chi connectivity index (χ1n) is 28.1. The fourth-order valence-corrected chi connectivity index (χ4v) is 11.5. The molecular formula is C60H83N5O16. The van der Waals surface area contributed by atoms with Gasteiger partial charge in [-0.2, -0.15) is 0 Å². The number of nitrogens with one attached hydrogen (secondary N) is 1. The number of aldehydes is 1. The zero-order chi connectivity index (χ0) is 59.8. The van der Waals surface area contributed by atoms with E-state index in [1.165, 1.54) is 67.1 Å². The lowest BCUT2D eigenvalue weighted by Gasteiger charge is -2.39. The summed E-state index contributed by atoms with van der Waals surface area (Å²) in [6, 6.07) is 0. The number of allylic oxidation sites excluding steroid dienone is 2. The summed E-state index contributed by atoms with van der Waals surface area (Å²) in [5.41, 5.74) is -0.395. The Morgan fingerprint density at radius 1 is 0.914 bits per heavy atom. The second-order valence-electron chi connectivity index (χ2n) is 22.9. The lowest BCUT2D eigenvalue weighted by atomic mass is 9.78. The first kappa shape index (κ1) is 63.6. The molecule has 21 heteroatoms. The molecule has 4 heterocycles. The molecule has 4 N–H and O–H groups in total. The quantitative estimate of drug-likeness (QED) is 0.0367. The van der Waals surface area contributed by atoms with Gasteiger partial charge in [0.15, 0.2) is 5.75 Å². The number of amides is 1. The molecule has 4 aliphatic heterocycles. The number of aliphatic hydroxyl groups excluding tert-OH is 1. The molecule has 4 aliphatic rings. The number of hydrogen-bond donors (Lipinski definition) is 4. The number of benzene rings is 2. The maximum Gasteiger partial charge on any atom is 0.320 e. The number of hydrogen-bond acceptors (Lipinski definition) is 20. The number of aliphatic hydroxyl groups is 1. The van der Waals surface area contributed by atoms with Crippen molar-refractivity contribution in [1.82, 2.24) is 9.80 Å². The van der Waals surface area contributed by atoms with Crippen molar-refractivity contribution in [3.05, 3.63) is 58.0 Å². The maximum absolute atomic E-state index is 15.0. The molecule has 6 rings (SSSR count). The second-order valence-corrected chi connectivity index (χ2v) is 22.9. The SMILES string of the molecule is COC1C=COC2(C)Oc3c(C)c(O)c4c(O)c(c5c(c4c3C2=O)NC2(CCN(CC(C)C)CC2)N=5)=NC(=O)C(C)=C/C=C\C(C)C(OC(=O)CN(CCCCC(C=O)C(C)=O)CCOC(C)=O)C(C)C(O)C(C)C(OC(C)=O)C1C. The number of likely N-dealkylation sites (tertiary alicyclic amines) is 1. The molecule has 0 radical (unpaired) electrons. The number of ether oxygens (including phenoxy) is 6. The van der Waals surface area contributed by atoms with Crippen molar-refractivity contribution in [3.63, 3.8) is 0 Å². The highest BCUT2D eigenvalue weighted by Crippen LogP contribution is 2.51. The minimum absolute atomic E-state index is 0.0126. The highest BCUT2D eigenvalue weighted by molar-refractivity contribution is 6.21. The Kier molecular flexibility index (Phi) is 21.2. The standard InChI is InChI=1S/C60H83N5O16/c1-32(2)29-65-24-21-60(22-25-65)62-48-45-46-52(72)38(8)56-47(45)57(74)59(12,81-56)78-27-20-43(76-13)35(5)55(79-41(11)69)37(7)51(71)36(6)54(33(3)17-16-18-34(4)58(75)61-50(53(46)73)49(48)63-60)80-44(70)30-64(26-28-77-40(10)68)23-15-14-19-42(31-66)39(9)67/h16-18,20,27,31-33,35-37,42-43,51,54-55,62,71-73H,14-15,19,21-26,28-30H2,1-13H3/b17-16-,27-20?,34-18?,61-50?. The third-order valence-electron chi connectivity index (χ3n) is 16.1. The van der Waals surface area contributed by atoms with Crippen LogP contribution in [0.2, 0.25) is 0 Å². The number of fused-ring (bicyclic) bond motifs is 1. The van der Waals surface area contributed by atoms with Crippen LogP contribution in [0, 0.1) is 42.4 Å². The van der Waals surface area contributed by atoms with E-state index in [4.69, 9.17) is 33.4 Å². The number of rotatable bonds is 17. The van der Waals surface area contributed by atoms with Crippen LogP contribution >= 0.6 is 0 Å². The van der Waals surface area contributed by atoms with E-state index in [0.717, 1.165) is 6.54 Å². The lowest BCUT2D eigenvalue weighted by molar-refractivity contribution is -0.166. The van der Waals surface area contributed by atoms with Crippen molar-refractivity contribution < 1.29 is 77.3 Å². The number of methoxy groups -OCH3 is 1. The van der Waals surface area contributed by atoms with Gasteiger partial charge in [-0.25, -0.2) is 4.99 Å². The molecule has 0 aliphatic carbocycles. The van der Waals surface area contributed by atoms with Crippen molar-refractivity contribution in [2.75, 3.05) is 58.3 Å². The predicted octanol–water partition coefficient (Wildman–Crippen LogP) is 5.74. The second kappa shape index (κ2) is 27.0. The van der Waals surface area contributed by atoms with E-state index < -0.39 is 107 Å². The number of carbonyl (C=O) groups excluding carboxylic acids is 7. The normalized spacial score (nSPS) is 26.7. The van der Waals surface area contributed by atoms with Crippen LogP contribution in [-0.2, 0) is 52.5 Å². The Bertz CT molecular complexity index is 2950. The van der Waals surface area contributed by atoms with Crippen LogP contribution in [0.3, 0.4) is 0 Å². The van der Waals surface area contributed by atoms with Gasteiger partial charge in [0.05, 0.1) is 47.6 Å². The Balaban J connectivity index is 1.46. The largest absolute Gasteiger partial charge is 0.507 e. The summed E-state index contributed by atoms with van der Waals surface area (Å²) in [7, 11) is 1.44. The molecule has 444 valence electrons. The molecule has 1 fully saturated rings. The Morgan fingerprint density at radius 2 is 1.59 bits per heavy atom. The van der Waals surface area contributed by atoms with Crippen LogP contribution < -0.4 is 20.8 Å². The topological polar surface area (TPSA) is 279 Å². The summed E-state index contributed by atoms with van der Waals surface area (Å²) >= 11 is 0. The zero-order valence-corrected chi connectivity index (χ0v) is 49.2. The highest BCUT2D eigenvalue weighted by atomic mass is 16.7. The van der Waals surface area contributed by atoms with Crippen LogP contribution in [0.25, 0.3) is 10.8 Å². The van der Waals surface area contributed by atoms with Gasteiger partial charge in [0.2, 0.25) is 0 Å². The minimum atomic E-state index is -2.03. The van der Waals surface area contributed by atoms with E-state index in [0.29, 0.717) is 63.9 Å². The van der Waals surface area contributed by atoms with E-state index in [1.807, 2.05) is 0 Å². The maximum atomic E-state index is 15.0. The van der Waals surface area contributed by atoms with E-state index in [1.54, 1.807) is 44.7 Å². The number of Topliss-reactive ketones (excluding diaryl/α,β-unsaturated/α-hetero) is 2. The number of aromatic hydroxyl groups is 2. The average Bonchev–Trinajstić information content (AvgIpc) is 2.21. The Morgan fingerprint density at radius 3 is 2.21 bits per heavy atom. The third-order valence-corrected chi connectivity index (χ3v) is 16.1. The molecule has 1 saturated heterocycles. The summed E-state index contributed by atoms with van der Waals surface area (Å²) in [6.45, 7) is 22.0. The Labute approximate surface area is 473 Å². The van der Waals surface area contributed by atoms with Crippen molar-refractivity contribution in [2.24, 2.45) is 45.5 Å². The van der Waals surface area contributed by atoms with Crippen molar-refractivity contribution >= 4 is 58.1 Å². The van der Waals surface area contributed by atoms with E-state index >= 15 is 0 Å². The summed E-state index contributed by atoms with van der Waals surface area (Å²) in [6.07, 6.45) is 6.32. The third kappa shape index (κ3) is 14.6. The van der Waals surface area contributed by atoms with Crippen molar-refractivity contribution in [2.45, 2.75) is 151 Å². The van der Waals surface area contributed by atoms with Crippen molar-refractivity contribution in [1.29, 1.82) is 0 Å². The number of ketones is 2. The van der Waals surface area contributed by atoms with E-state index in [-0.39, 0.29) is 75.1 Å². The Hall–Kier alpha value is -6.55. The number of unbranched alkanes of at least 4 members (excludes halogenated alkanes) is 1. The lowest BCUT2D eigenvalue weighted by Crippen LogP contribution is -2.48. The molecule has 81 heavy (non-hydrogen) atoms. The van der Waals surface area contributed by atoms with Gasteiger partial charge in [-0.3, -0.25) is 38.7 Å². The van der Waals surface area contributed by atoms with Crippen LogP contribution in [0.4, 0.5) is 5.69 Å². The van der Waals surface area contributed by atoms with Crippen LogP contribution in [0.5, 0.6) is 17.2 Å². The number of esters is 3. The number of phenolic OH excluding ortho intramolecular Hbond substituents is 2. The molecular weight excluding hydrogens is 1050 g/mol. The monoisotopic (exact) mass is 1130 g/mol. The van der Waals surface area contributed by atoms with Gasteiger partial charge in [0.1, 0.15) is 58.8 Å². The van der Waals surface area contributed by atoms with Gasteiger partial charge in [-0.15, -0.1) is 0 Å². The fraction of sp³-hybridized carbons (Fsp3) is 0.617. The highest BCUT2D eigenvalue weighted by Gasteiger charge is 2.51. The molecule has 0 aromatic heterocycles. The molecule has 10 unspecified atom stereocenters.